The zero-order valence-corrected chi connectivity index (χ0v) is 7.60. The molecule has 0 saturated heterocycles. The Bertz CT molecular complexity index is 491. The van der Waals surface area contributed by atoms with Gasteiger partial charge in [0, 0.05) is 16.6 Å². The SMILES string of the molecule is C=c1cc(Cl)c2c(c1O)NC=CC=2. The van der Waals surface area contributed by atoms with Gasteiger partial charge in [-0.15, -0.1) is 0 Å². The van der Waals surface area contributed by atoms with E-state index < -0.39 is 0 Å². The summed E-state index contributed by atoms with van der Waals surface area (Å²) in [7, 11) is 0. The highest BCUT2D eigenvalue weighted by molar-refractivity contribution is 6.31. The molecule has 0 aliphatic carbocycles. The number of anilines is 1. The van der Waals surface area contributed by atoms with Gasteiger partial charge >= 0.3 is 0 Å². The molecule has 0 unspecified atom stereocenters. The molecule has 3 heteroatoms. The van der Waals surface area contributed by atoms with Gasteiger partial charge in [-0.3, -0.25) is 0 Å². The summed E-state index contributed by atoms with van der Waals surface area (Å²) < 4.78 is 0. The summed E-state index contributed by atoms with van der Waals surface area (Å²) in [5, 5.41) is 14.5. The molecule has 1 aromatic rings. The number of phenolic OH excluding ortho intramolecular Hbond substituents is 1. The normalized spacial score (nSPS) is 13.0. The van der Waals surface area contributed by atoms with E-state index in [0.29, 0.717) is 15.9 Å². The van der Waals surface area contributed by atoms with E-state index in [1.54, 1.807) is 12.3 Å². The Morgan fingerprint density at radius 3 is 3.00 bits per heavy atom. The van der Waals surface area contributed by atoms with Gasteiger partial charge in [0.2, 0.25) is 0 Å². The third-order valence-electron chi connectivity index (χ3n) is 1.96. The highest BCUT2D eigenvalue weighted by Crippen LogP contribution is 2.18. The van der Waals surface area contributed by atoms with E-state index in [-0.39, 0.29) is 5.75 Å². The first-order valence-corrected chi connectivity index (χ1v) is 4.22. The number of hydrogen-bond acceptors (Lipinski definition) is 2. The predicted octanol–water partition coefficient (Wildman–Crippen LogP) is 1.18. The smallest absolute Gasteiger partial charge is 0.146 e. The molecular formula is C10H8ClNO. The number of rotatable bonds is 0. The molecular weight excluding hydrogens is 186 g/mol. The molecule has 0 saturated carbocycles. The van der Waals surface area contributed by atoms with Gasteiger partial charge < -0.3 is 10.4 Å². The maximum Gasteiger partial charge on any atom is 0.146 e. The molecule has 1 aromatic carbocycles. The number of halogens is 1. The number of nitrogens with one attached hydrogen (secondary N) is 1. The van der Waals surface area contributed by atoms with Crippen molar-refractivity contribution in [2.45, 2.75) is 0 Å². The second kappa shape index (κ2) is 2.82. The largest absolute Gasteiger partial charge is 0.505 e. The summed E-state index contributed by atoms with van der Waals surface area (Å²) in [5.41, 5.74) is 0.625. The first-order valence-electron chi connectivity index (χ1n) is 3.84. The summed E-state index contributed by atoms with van der Waals surface area (Å²) >= 11 is 5.96. The third kappa shape index (κ3) is 1.19. The minimum Gasteiger partial charge on any atom is -0.505 e. The van der Waals surface area contributed by atoms with Crippen LogP contribution in [0.2, 0.25) is 5.02 Å². The molecule has 66 valence electrons. The molecule has 0 fully saturated rings. The van der Waals surface area contributed by atoms with E-state index in [4.69, 9.17) is 11.6 Å². The Kier molecular flexibility index (Phi) is 1.78. The molecule has 0 atom stereocenters. The monoisotopic (exact) mass is 193 g/mol. The quantitative estimate of drug-likeness (QED) is 0.607. The summed E-state index contributed by atoms with van der Waals surface area (Å²) in [5.74, 6) is 0.153. The van der Waals surface area contributed by atoms with Crippen molar-refractivity contribution in [3.63, 3.8) is 0 Å². The lowest BCUT2D eigenvalue weighted by Crippen LogP contribution is -2.17. The van der Waals surface area contributed by atoms with Gasteiger partial charge in [-0.1, -0.05) is 18.2 Å². The number of phenols is 1. The van der Waals surface area contributed by atoms with Crippen molar-refractivity contribution < 1.29 is 5.11 Å². The van der Waals surface area contributed by atoms with Crippen molar-refractivity contribution in [1.29, 1.82) is 0 Å². The van der Waals surface area contributed by atoms with Gasteiger partial charge in [0.15, 0.2) is 0 Å². The van der Waals surface area contributed by atoms with E-state index in [1.165, 1.54) is 0 Å². The first kappa shape index (κ1) is 8.20. The van der Waals surface area contributed by atoms with Crippen LogP contribution in [0.3, 0.4) is 0 Å². The van der Waals surface area contributed by atoms with Crippen molar-refractivity contribution in [2.24, 2.45) is 0 Å². The lowest BCUT2D eigenvalue weighted by molar-refractivity contribution is 0.473. The summed E-state index contributed by atoms with van der Waals surface area (Å²) in [6.07, 6.45) is 5.40. The van der Waals surface area contributed by atoms with Gasteiger partial charge in [-0.2, -0.15) is 0 Å². The van der Waals surface area contributed by atoms with Crippen LogP contribution in [-0.2, 0) is 0 Å². The van der Waals surface area contributed by atoms with Crippen LogP contribution in [0.1, 0.15) is 0 Å². The van der Waals surface area contributed by atoms with E-state index in [2.05, 4.69) is 11.9 Å². The fourth-order valence-corrected chi connectivity index (χ4v) is 1.58. The molecule has 0 aromatic heterocycles. The molecule has 0 amide bonds. The molecule has 1 aliphatic heterocycles. The van der Waals surface area contributed by atoms with Crippen LogP contribution in [0.4, 0.5) is 5.69 Å². The summed E-state index contributed by atoms with van der Waals surface area (Å²) in [4.78, 5) is 0. The van der Waals surface area contributed by atoms with Crippen molar-refractivity contribution in [2.75, 3.05) is 5.32 Å². The van der Waals surface area contributed by atoms with Gasteiger partial charge in [0.25, 0.3) is 0 Å². The van der Waals surface area contributed by atoms with Crippen LogP contribution in [0.25, 0.3) is 12.7 Å². The summed E-state index contributed by atoms with van der Waals surface area (Å²) in [6.45, 7) is 3.68. The van der Waals surface area contributed by atoms with Crippen LogP contribution in [0.5, 0.6) is 5.75 Å². The second-order valence-corrected chi connectivity index (χ2v) is 3.23. The van der Waals surface area contributed by atoms with E-state index in [0.717, 1.165) is 5.22 Å². The number of benzene rings is 1. The standard InChI is InChI=1S/C10H8ClNO/c1-6-5-8(11)7-3-2-4-12-9(7)10(6)13/h2-5,12-13H,1H2. The Morgan fingerprint density at radius 2 is 2.23 bits per heavy atom. The zero-order chi connectivity index (χ0) is 9.42. The van der Waals surface area contributed by atoms with Crippen LogP contribution in [0, 0.1) is 0 Å². The third-order valence-corrected chi connectivity index (χ3v) is 2.27. The molecule has 2 N–H and O–H groups in total. The molecule has 0 radical (unpaired) electrons. The average molecular weight is 194 g/mol. The van der Waals surface area contributed by atoms with E-state index in [1.807, 2.05) is 12.2 Å². The van der Waals surface area contributed by atoms with Crippen LogP contribution >= 0.6 is 11.6 Å². The fraction of sp³-hybridized carbons (Fsp3) is 0. The Hall–Kier alpha value is -1.41. The lowest BCUT2D eigenvalue weighted by Gasteiger charge is -2.10. The molecule has 1 heterocycles. The van der Waals surface area contributed by atoms with Crippen LogP contribution in [-0.4, -0.2) is 5.11 Å². The minimum absolute atomic E-state index is 0.153. The van der Waals surface area contributed by atoms with E-state index in [9.17, 15) is 5.11 Å². The van der Waals surface area contributed by atoms with Crippen LogP contribution < -0.4 is 15.8 Å². The fourth-order valence-electron chi connectivity index (χ4n) is 1.29. The maximum atomic E-state index is 9.63. The van der Waals surface area contributed by atoms with Crippen LogP contribution in [0.15, 0.2) is 18.3 Å². The van der Waals surface area contributed by atoms with Crippen molar-refractivity contribution in [3.05, 3.63) is 33.8 Å². The van der Waals surface area contributed by atoms with E-state index >= 15 is 0 Å². The molecule has 2 nitrogen and oxygen atoms in total. The highest BCUT2D eigenvalue weighted by Gasteiger charge is 2.07. The molecule has 0 spiro atoms. The first-order chi connectivity index (χ1) is 6.20. The molecule has 0 bridgehead atoms. The van der Waals surface area contributed by atoms with Gasteiger partial charge in [-0.25, -0.2) is 0 Å². The second-order valence-electron chi connectivity index (χ2n) is 2.82. The molecule has 2 rings (SSSR count). The molecule has 13 heavy (non-hydrogen) atoms. The van der Waals surface area contributed by atoms with Crippen molar-refractivity contribution in [1.82, 2.24) is 0 Å². The summed E-state index contributed by atoms with van der Waals surface area (Å²) in [6, 6.07) is 1.65. The average Bonchev–Trinajstić information content (AvgIpc) is 2.15. The minimum atomic E-state index is 0.153. The zero-order valence-electron chi connectivity index (χ0n) is 6.84. The Labute approximate surface area is 80.5 Å². The topological polar surface area (TPSA) is 32.3 Å². The number of aromatic hydroxyl groups is 1. The van der Waals surface area contributed by atoms with Crippen molar-refractivity contribution >= 4 is 29.9 Å². The van der Waals surface area contributed by atoms with Crippen molar-refractivity contribution in [3.8, 4) is 5.75 Å². The van der Waals surface area contributed by atoms with Gasteiger partial charge in [0.05, 0.1) is 10.7 Å². The number of hydrogen-bond donors (Lipinski definition) is 2. The Balaban J connectivity index is 2.92. The maximum absolute atomic E-state index is 9.63. The highest BCUT2D eigenvalue weighted by atomic mass is 35.5. The Morgan fingerprint density at radius 1 is 1.46 bits per heavy atom. The van der Waals surface area contributed by atoms with Gasteiger partial charge in [-0.05, 0) is 18.2 Å². The predicted molar refractivity (Wildman–Crippen MR) is 55.1 cm³/mol. The van der Waals surface area contributed by atoms with Gasteiger partial charge in [0.1, 0.15) is 5.75 Å². The molecule has 1 aliphatic rings. The number of fused-ring (bicyclic) bond motifs is 1. The number of allylic oxidation sites excluding steroid dienone is 1. The lowest BCUT2D eigenvalue weighted by atomic mass is 10.1.